The van der Waals surface area contributed by atoms with E-state index in [2.05, 4.69) is 36.4 Å². The van der Waals surface area contributed by atoms with Gasteiger partial charge in [-0.15, -0.1) is 0 Å². The highest BCUT2D eigenvalue weighted by atomic mass is 16.5. The highest BCUT2D eigenvalue weighted by Crippen LogP contribution is 2.13. The van der Waals surface area contributed by atoms with Crippen LogP contribution in [0.1, 0.15) is 30.2 Å². The third kappa shape index (κ3) is 4.33. The summed E-state index contributed by atoms with van der Waals surface area (Å²) >= 11 is 0. The lowest BCUT2D eigenvalue weighted by molar-refractivity contribution is 0.414. The van der Waals surface area contributed by atoms with E-state index in [1.54, 1.807) is 7.11 Å². The molecular formula is C17H25N3O. The molecule has 4 nitrogen and oxygen atoms in total. The Morgan fingerprint density at radius 2 is 2.00 bits per heavy atom. The van der Waals surface area contributed by atoms with Crippen LogP contribution in [-0.4, -0.2) is 22.9 Å². The summed E-state index contributed by atoms with van der Waals surface area (Å²) in [5, 5.41) is 7.84. The summed E-state index contributed by atoms with van der Waals surface area (Å²) in [5.74, 6) is 0.914. The zero-order valence-corrected chi connectivity index (χ0v) is 13.4. The van der Waals surface area contributed by atoms with Crippen LogP contribution in [0.15, 0.2) is 30.5 Å². The van der Waals surface area contributed by atoms with Crippen LogP contribution in [0.4, 0.5) is 0 Å². The maximum Gasteiger partial charge on any atom is 0.118 e. The molecule has 0 aliphatic heterocycles. The SMILES string of the molecule is COc1ccc(CCC(C)NCc2cnn(C)c2C)cc1. The fourth-order valence-corrected chi connectivity index (χ4v) is 2.28. The van der Waals surface area contributed by atoms with Gasteiger partial charge in [-0.25, -0.2) is 0 Å². The number of methoxy groups -OCH3 is 1. The molecule has 0 amide bonds. The van der Waals surface area contributed by atoms with E-state index in [4.69, 9.17) is 4.74 Å². The van der Waals surface area contributed by atoms with E-state index in [1.807, 2.05) is 30.1 Å². The summed E-state index contributed by atoms with van der Waals surface area (Å²) in [6.45, 7) is 5.21. The molecule has 0 spiro atoms. The number of benzene rings is 1. The molecule has 1 aromatic heterocycles. The van der Waals surface area contributed by atoms with Crippen molar-refractivity contribution in [3.8, 4) is 5.75 Å². The Hall–Kier alpha value is -1.81. The molecule has 0 saturated carbocycles. The molecule has 0 aliphatic rings. The van der Waals surface area contributed by atoms with Crippen molar-refractivity contribution in [1.82, 2.24) is 15.1 Å². The van der Waals surface area contributed by atoms with Gasteiger partial charge in [0, 0.05) is 30.9 Å². The van der Waals surface area contributed by atoms with E-state index in [0.29, 0.717) is 6.04 Å². The summed E-state index contributed by atoms with van der Waals surface area (Å²) < 4.78 is 7.09. The maximum absolute atomic E-state index is 5.18. The smallest absolute Gasteiger partial charge is 0.118 e. The van der Waals surface area contributed by atoms with Gasteiger partial charge in [0.1, 0.15) is 5.75 Å². The molecule has 2 rings (SSSR count). The van der Waals surface area contributed by atoms with E-state index in [-0.39, 0.29) is 0 Å². The van der Waals surface area contributed by atoms with E-state index in [1.165, 1.54) is 16.8 Å². The van der Waals surface area contributed by atoms with Crippen LogP contribution in [0.5, 0.6) is 5.75 Å². The maximum atomic E-state index is 5.18. The minimum Gasteiger partial charge on any atom is -0.497 e. The Bertz CT molecular complexity index is 560. The molecule has 1 N–H and O–H groups in total. The van der Waals surface area contributed by atoms with Crippen LogP contribution in [0.3, 0.4) is 0 Å². The van der Waals surface area contributed by atoms with Crippen molar-refractivity contribution in [3.63, 3.8) is 0 Å². The minimum atomic E-state index is 0.478. The highest BCUT2D eigenvalue weighted by Gasteiger charge is 2.06. The summed E-state index contributed by atoms with van der Waals surface area (Å²) in [6, 6.07) is 8.79. The lowest BCUT2D eigenvalue weighted by Crippen LogP contribution is -2.26. The predicted molar refractivity (Wildman–Crippen MR) is 85.6 cm³/mol. The molecule has 4 heteroatoms. The molecule has 0 saturated heterocycles. The number of hydrogen-bond donors (Lipinski definition) is 1. The zero-order chi connectivity index (χ0) is 15.2. The quantitative estimate of drug-likeness (QED) is 0.851. The van der Waals surface area contributed by atoms with Gasteiger partial charge in [-0.3, -0.25) is 4.68 Å². The summed E-state index contributed by atoms with van der Waals surface area (Å²) in [4.78, 5) is 0. The molecule has 1 aromatic carbocycles. The van der Waals surface area contributed by atoms with E-state index in [0.717, 1.165) is 25.1 Å². The number of nitrogens with zero attached hydrogens (tertiary/aromatic N) is 2. The van der Waals surface area contributed by atoms with Gasteiger partial charge in [0.15, 0.2) is 0 Å². The summed E-state index contributed by atoms with van der Waals surface area (Å²) in [7, 11) is 3.67. The highest BCUT2D eigenvalue weighted by molar-refractivity contribution is 5.27. The Kier molecular flexibility index (Phi) is 5.39. The molecule has 0 aliphatic carbocycles. The summed E-state index contributed by atoms with van der Waals surface area (Å²) in [5.41, 5.74) is 3.85. The standard InChI is InChI=1S/C17H25N3O/c1-13(18-11-16-12-19-20(3)14(16)2)5-6-15-7-9-17(21-4)10-8-15/h7-10,12-13,18H,5-6,11H2,1-4H3. The van der Waals surface area contributed by atoms with Crippen molar-refractivity contribution in [2.75, 3.05) is 7.11 Å². The molecule has 1 unspecified atom stereocenters. The number of ether oxygens (including phenoxy) is 1. The van der Waals surface area contributed by atoms with Crippen LogP contribution >= 0.6 is 0 Å². The van der Waals surface area contributed by atoms with E-state index >= 15 is 0 Å². The number of aromatic nitrogens is 2. The number of aryl methyl sites for hydroxylation is 2. The van der Waals surface area contributed by atoms with Gasteiger partial charge < -0.3 is 10.1 Å². The zero-order valence-electron chi connectivity index (χ0n) is 13.4. The molecule has 114 valence electrons. The van der Waals surface area contributed by atoms with Crippen LogP contribution in [0.2, 0.25) is 0 Å². The third-order valence-electron chi connectivity index (χ3n) is 4.00. The molecule has 0 radical (unpaired) electrons. The molecule has 0 bridgehead atoms. The second-order valence-corrected chi connectivity index (χ2v) is 5.55. The van der Waals surface area contributed by atoms with Crippen LogP contribution in [0.25, 0.3) is 0 Å². The van der Waals surface area contributed by atoms with Crippen molar-refractivity contribution >= 4 is 0 Å². The normalized spacial score (nSPS) is 12.4. The van der Waals surface area contributed by atoms with Crippen molar-refractivity contribution in [1.29, 1.82) is 0 Å². The first-order valence-corrected chi connectivity index (χ1v) is 7.44. The van der Waals surface area contributed by atoms with Crippen LogP contribution in [0, 0.1) is 6.92 Å². The Morgan fingerprint density at radius 3 is 2.57 bits per heavy atom. The minimum absolute atomic E-state index is 0.478. The largest absolute Gasteiger partial charge is 0.497 e. The van der Waals surface area contributed by atoms with Crippen molar-refractivity contribution in [2.24, 2.45) is 7.05 Å². The van der Waals surface area contributed by atoms with Gasteiger partial charge >= 0.3 is 0 Å². The number of rotatable bonds is 7. The van der Waals surface area contributed by atoms with Gasteiger partial charge in [0.05, 0.1) is 13.3 Å². The monoisotopic (exact) mass is 287 g/mol. The van der Waals surface area contributed by atoms with Gasteiger partial charge in [0.25, 0.3) is 0 Å². The molecule has 0 fully saturated rings. The second kappa shape index (κ2) is 7.27. The molecular weight excluding hydrogens is 262 g/mol. The molecule has 2 aromatic rings. The van der Waals surface area contributed by atoms with Crippen LogP contribution < -0.4 is 10.1 Å². The Balaban J connectivity index is 1.76. The first kappa shape index (κ1) is 15.6. The first-order chi connectivity index (χ1) is 10.1. The van der Waals surface area contributed by atoms with Gasteiger partial charge in [0.2, 0.25) is 0 Å². The van der Waals surface area contributed by atoms with Crippen LogP contribution in [-0.2, 0) is 20.0 Å². The fourth-order valence-electron chi connectivity index (χ4n) is 2.28. The second-order valence-electron chi connectivity index (χ2n) is 5.55. The molecule has 21 heavy (non-hydrogen) atoms. The van der Waals surface area contributed by atoms with E-state index in [9.17, 15) is 0 Å². The fraction of sp³-hybridized carbons (Fsp3) is 0.471. The number of hydrogen-bond acceptors (Lipinski definition) is 3. The van der Waals surface area contributed by atoms with Gasteiger partial charge in [-0.1, -0.05) is 12.1 Å². The van der Waals surface area contributed by atoms with Crippen molar-refractivity contribution in [3.05, 3.63) is 47.3 Å². The number of nitrogens with one attached hydrogen (secondary N) is 1. The first-order valence-electron chi connectivity index (χ1n) is 7.44. The lowest BCUT2D eigenvalue weighted by Gasteiger charge is -2.13. The van der Waals surface area contributed by atoms with Gasteiger partial charge in [-0.2, -0.15) is 5.10 Å². The average molecular weight is 287 g/mol. The lowest BCUT2D eigenvalue weighted by atomic mass is 10.1. The van der Waals surface area contributed by atoms with Gasteiger partial charge in [-0.05, 0) is 44.4 Å². The van der Waals surface area contributed by atoms with Crippen molar-refractivity contribution < 1.29 is 4.74 Å². The Morgan fingerprint density at radius 1 is 1.29 bits per heavy atom. The molecule has 1 heterocycles. The topological polar surface area (TPSA) is 39.1 Å². The third-order valence-corrected chi connectivity index (χ3v) is 4.00. The predicted octanol–water partition coefficient (Wildman–Crippen LogP) is 2.85. The summed E-state index contributed by atoms with van der Waals surface area (Å²) in [6.07, 6.45) is 4.13. The van der Waals surface area contributed by atoms with E-state index < -0.39 is 0 Å². The average Bonchev–Trinajstić information content (AvgIpc) is 2.83. The molecule has 1 atom stereocenters. The van der Waals surface area contributed by atoms with Crippen molar-refractivity contribution in [2.45, 2.75) is 39.3 Å². The Labute approximate surface area is 127 Å².